The van der Waals surface area contributed by atoms with E-state index in [-0.39, 0.29) is 18.7 Å². The molecular formula is C10H8ClN3O3. The van der Waals surface area contributed by atoms with Crippen LogP contribution in [0.5, 0.6) is 0 Å². The van der Waals surface area contributed by atoms with Crippen molar-refractivity contribution >= 4 is 17.6 Å². The summed E-state index contributed by atoms with van der Waals surface area (Å²) < 4.78 is 4.91. The Hall–Kier alpha value is -1.95. The summed E-state index contributed by atoms with van der Waals surface area (Å²) in [6.45, 7) is 0. The third-order valence-electron chi connectivity index (χ3n) is 2.01. The lowest BCUT2D eigenvalue weighted by Gasteiger charge is -1.92. The minimum Gasteiger partial charge on any atom is -0.481 e. The molecule has 0 amide bonds. The van der Waals surface area contributed by atoms with Crippen LogP contribution < -0.4 is 0 Å². The molecule has 0 unspecified atom stereocenters. The third-order valence-corrected chi connectivity index (χ3v) is 2.23. The van der Waals surface area contributed by atoms with E-state index in [1.807, 2.05) is 0 Å². The molecule has 88 valence electrons. The molecule has 2 rings (SSSR count). The third kappa shape index (κ3) is 3.01. The van der Waals surface area contributed by atoms with Gasteiger partial charge in [0.05, 0.1) is 6.42 Å². The van der Waals surface area contributed by atoms with Gasteiger partial charge in [0.25, 0.3) is 0 Å². The predicted molar refractivity (Wildman–Crippen MR) is 58.5 cm³/mol. The van der Waals surface area contributed by atoms with Crippen molar-refractivity contribution in [2.24, 2.45) is 0 Å². The first-order valence-corrected chi connectivity index (χ1v) is 5.19. The molecule has 0 aliphatic rings. The number of pyridine rings is 1. The van der Waals surface area contributed by atoms with Crippen molar-refractivity contribution in [3.05, 3.63) is 29.4 Å². The summed E-state index contributed by atoms with van der Waals surface area (Å²) in [6.07, 6.45) is 1.69. The van der Waals surface area contributed by atoms with Crippen molar-refractivity contribution < 1.29 is 14.4 Å². The smallest absolute Gasteiger partial charge is 0.303 e. The van der Waals surface area contributed by atoms with E-state index >= 15 is 0 Å². The Bertz CT molecular complexity index is 524. The fraction of sp³-hybridized carbons (Fsp3) is 0.200. The van der Waals surface area contributed by atoms with E-state index in [2.05, 4.69) is 15.1 Å². The van der Waals surface area contributed by atoms with Gasteiger partial charge >= 0.3 is 5.97 Å². The number of hydrogen-bond acceptors (Lipinski definition) is 5. The van der Waals surface area contributed by atoms with Crippen LogP contribution in [0.3, 0.4) is 0 Å². The maximum absolute atomic E-state index is 10.4. The first kappa shape index (κ1) is 11.5. The zero-order valence-electron chi connectivity index (χ0n) is 8.63. The molecule has 2 aromatic heterocycles. The van der Waals surface area contributed by atoms with Crippen LogP contribution in [0.2, 0.25) is 5.15 Å². The Kier molecular flexibility index (Phi) is 3.34. The highest BCUT2D eigenvalue weighted by Crippen LogP contribution is 2.16. The summed E-state index contributed by atoms with van der Waals surface area (Å²) in [5.74, 6) is -0.246. The summed E-state index contributed by atoms with van der Waals surface area (Å²) in [5.41, 5.74) is 0.666. The number of carboxylic acid groups (broad SMARTS) is 1. The van der Waals surface area contributed by atoms with Crippen molar-refractivity contribution in [3.63, 3.8) is 0 Å². The largest absolute Gasteiger partial charge is 0.481 e. The molecule has 0 fully saturated rings. The van der Waals surface area contributed by atoms with Crippen LogP contribution in [0, 0.1) is 0 Å². The molecule has 7 heteroatoms. The van der Waals surface area contributed by atoms with E-state index < -0.39 is 5.97 Å². The number of rotatable bonds is 4. The van der Waals surface area contributed by atoms with E-state index in [1.54, 1.807) is 12.1 Å². The molecule has 0 saturated heterocycles. The van der Waals surface area contributed by atoms with Gasteiger partial charge in [-0.15, -0.1) is 0 Å². The molecular weight excluding hydrogens is 246 g/mol. The van der Waals surface area contributed by atoms with E-state index in [0.29, 0.717) is 16.5 Å². The topological polar surface area (TPSA) is 89.1 Å². The highest BCUT2D eigenvalue weighted by Gasteiger charge is 2.10. The number of aryl methyl sites for hydroxylation is 1. The first-order chi connectivity index (χ1) is 8.15. The molecule has 0 atom stereocenters. The molecule has 0 aliphatic heterocycles. The van der Waals surface area contributed by atoms with Crippen molar-refractivity contribution in [1.82, 2.24) is 15.1 Å². The summed E-state index contributed by atoms with van der Waals surface area (Å²) in [5, 5.41) is 12.6. The lowest BCUT2D eigenvalue weighted by Crippen LogP contribution is -1.97. The second kappa shape index (κ2) is 4.92. The second-order valence-corrected chi connectivity index (χ2v) is 3.66. The minimum atomic E-state index is -0.905. The van der Waals surface area contributed by atoms with Gasteiger partial charge in [-0.25, -0.2) is 4.98 Å². The molecule has 0 radical (unpaired) electrons. The van der Waals surface area contributed by atoms with Crippen LogP contribution in [-0.4, -0.2) is 26.2 Å². The lowest BCUT2D eigenvalue weighted by atomic mass is 10.3. The first-order valence-electron chi connectivity index (χ1n) is 4.81. The SMILES string of the molecule is O=C(O)CCc1nc(-c2ccc(Cl)nc2)no1. The Balaban J connectivity index is 2.12. The number of hydrogen-bond donors (Lipinski definition) is 1. The molecule has 6 nitrogen and oxygen atoms in total. The molecule has 0 aromatic carbocycles. The number of carbonyl (C=O) groups is 1. The number of carboxylic acids is 1. The van der Waals surface area contributed by atoms with E-state index in [0.717, 1.165) is 0 Å². The highest BCUT2D eigenvalue weighted by atomic mass is 35.5. The molecule has 0 saturated carbocycles. The monoisotopic (exact) mass is 253 g/mol. The zero-order valence-corrected chi connectivity index (χ0v) is 9.39. The fourth-order valence-corrected chi connectivity index (χ4v) is 1.31. The van der Waals surface area contributed by atoms with Crippen LogP contribution >= 0.6 is 11.6 Å². The van der Waals surface area contributed by atoms with Crippen molar-refractivity contribution in [2.45, 2.75) is 12.8 Å². The van der Waals surface area contributed by atoms with E-state index in [1.165, 1.54) is 6.20 Å². The van der Waals surface area contributed by atoms with Crippen LogP contribution in [0.1, 0.15) is 12.3 Å². The molecule has 2 aromatic rings. The van der Waals surface area contributed by atoms with Gasteiger partial charge in [-0.3, -0.25) is 4.79 Å². The summed E-state index contributed by atoms with van der Waals surface area (Å²) in [6, 6.07) is 3.32. The van der Waals surface area contributed by atoms with Gasteiger partial charge in [0, 0.05) is 18.2 Å². The lowest BCUT2D eigenvalue weighted by molar-refractivity contribution is -0.137. The van der Waals surface area contributed by atoms with E-state index in [4.69, 9.17) is 21.2 Å². The van der Waals surface area contributed by atoms with Gasteiger partial charge in [0.15, 0.2) is 0 Å². The maximum atomic E-state index is 10.4. The quantitative estimate of drug-likeness (QED) is 0.836. The molecule has 2 heterocycles. The summed E-state index contributed by atoms with van der Waals surface area (Å²) >= 11 is 5.65. The molecule has 0 aliphatic carbocycles. The van der Waals surface area contributed by atoms with Crippen molar-refractivity contribution in [3.8, 4) is 11.4 Å². The Morgan fingerprint density at radius 3 is 2.94 bits per heavy atom. The Morgan fingerprint density at radius 1 is 1.47 bits per heavy atom. The van der Waals surface area contributed by atoms with Gasteiger partial charge in [-0.05, 0) is 12.1 Å². The van der Waals surface area contributed by atoms with Crippen LogP contribution in [0.25, 0.3) is 11.4 Å². The molecule has 1 N–H and O–H groups in total. The van der Waals surface area contributed by atoms with Gasteiger partial charge in [-0.1, -0.05) is 16.8 Å². The molecule has 17 heavy (non-hydrogen) atoms. The second-order valence-electron chi connectivity index (χ2n) is 3.28. The average molecular weight is 254 g/mol. The van der Waals surface area contributed by atoms with Gasteiger partial charge in [-0.2, -0.15) is 4.98 Å². The Labute approximate surface area is 101 Å². The average Bonchev–Trinajstić information content (AvgIpc) is 2.76. The van der Waals surface area contributed by atoms with Crippen LogP contribution in [0.4, 0.5) is 0 Å². The molecule has 0 spiro atoms. The van der Waals surface area contributed by atoms with Gasteiger partial charge in [0.2, 0.25) is 11.7 Å². The van der Waals surface area contributed by atoms with E-state index in [9.17, 15) is 4.79 Å². The van der Waals surface area contributed by atoms with Crippen molar-refractivity contribution in [1.29, 1.82) is 0 Å². The minimum absolute atomic E-state index is 0.0412. The fourth-order valence-electron chi connectivity index (χ4n) is 1.20. The highest BCUT2D eigenvalue weighted by molar-refractivity contribution is 6.29. The summed E-state index contributed by atoms with van der Waals surface area (Å²) in [7, 11) is 0. The number of nitrogens with zero attached hydrogens (tertiary/aromatic N) is 3. The Morgan fingerprint density at radius 2 is 2.29 bits per heavy atom. The zero-order chi connectivity index (χ0) is 12.3. The van der Waals surface area contributed by atoms with Gasteiger partial charge < -0.3 is 9.63 Å². The summed E-state index contributed by atoms with van der Waals surface area (Å²) in [4.78, 5) is 18.3. The van der Waals surface area contributed by atoms with Crippen molar-refractivity contribution in [2.75, 3.05) is 0 Å². The van der Waals surface area contributed by atoms with Crippen LogP contribution in [0.15, 0.2) is 22.9 Å². The number of aliphatic carboxylic acids is 1. The van der Waals surface area contributed by atoms with Crippen LogP contribution in [-0.2, 0) is 11.2 Å². The maximum Gasteiger partial charge on any atom is 0.303 e. The standard InChI is InChI=1S/C10H8ClN3O3/c11-7-2-1-6(5-12-7)10-13-8(17-14-10)3-4-9(15)16/h1-2,5H,3-4H2,(H,15,16). The number of halogens is 1. The predicted octanol–water partition coefficient (Wildman–Crippen LogP) is 1.80. The number of aromatic nitrogens is 3. The van der Waals surface area contributed by atoms with Gasteiger partial charge in [0.1, 0.15) is 5.15 Å². The molecule has 0 bridgehead atoms. The normalized spacial score (nSPS) is 10.4.